The summed E-state index contributed by atoms with van der Waals surface area (Å²) in [5.41, 5.74) is 9.77. The highest BCUT2D eigenvalue weighted by Crippen LogP contribution is 2.34. The molecule has 1 saturated carbocycles. The lowest BCUT2D eigenvalue weighted by Crippen LogP contribution is -2.56. The maximum atomic E-state index is 9.32. The van der Waals surface area contributed by atoms with Gasteiger partial charge in [0.25, 0.3) is 0 Å². The first-order valence-corrected chi connectivity index (χ1v) is 11.0. The first-order valence-electron chi connectivity index (χ1n) is 11.0. The summed E-state index contributed by atoms with van der Waals surface area (Å²) in [5, 5.41) is 17.3. The molecule has 0 amide bonds. The first-order chi connectivity index (χ1) is 15.1. The molecule has 2 aliphatic heterocycles. The SMILES string of the molecule is COc1cc(/C(=C/N)C(C)=NC2CN(C3CC4CNC(C4)C3)C2)cn2ncc(C#N)c12. The van der Waals surface area contributed by atoms with Gasteiger partial charge in [-0.3, -0.25) is 9.89 Å². The van der Waals surface area contributed by atoms with Crippen molar-refractivity contribution >= 4 is 16.8 Å². The predicted octanol–water partition coefficient (Wildman–Crippen LogP) is 1.80. The Morgan fingerprint density at radius 3 is 2.94 bits per heavy atom. The molecule has 2 saturated heterocycles. The van der Waals surface area contributed by atoms with E-state index < -0.39 is 0 Å². The molecule has 3 fully saturated rings. The summed E-state index contributed by atoms with van der Waals surface area (Å²) in [5.74, 6) is 1.45. The predicted molar refractivity (Wildman–Crippen MR) is 120 cm³/mol. The average molecular weight is 420 g/mol. The number of ether oxygens (including phenoxy) is 1. The van der Waals surface area contributed by atoms with E-state index in [4.69, 9.17) is 15.5 Å². The van der Waals surface area contributed by atoms with Gasteiger partial charge in [-0.15, -0.1) is 0 Å². The molecule has 1 aliphatic carbocycles. The Morgan fingerprint density at radius 1 is 1.39 bits per heavy atom. The summed E-state index contributed by atoms with van der Waals surface area (Å²) >= 11 is 0. The van der Waals surface area contributed by atoms with E-state index in [0.717, 1.165) is 35.9 Å². The normalized spacial score (nSPS) is 27.3. The maximum Gasteiger partial charge on any atom is 0.146 e. The summed E-state index contributed by atoms with van der Waals surface area (Å²) in [7, 11) is 1.59. The number of aromatic nitrogens is 2. The Bertz CT molecular complexity index is 1080. The summed E-state index contributed by atoms with van der Waals surface area (Å²) in [6.07, 6.45) is 8.96. The summed E-state index contributed by atoms with van der Waals surface area (Å²) in [6, 6.07) is 5.78. The van der Waals surface area contributed by atoms with E-state index in [2.05, 4.69) is 21.4 Å². The van der Waals surface area contributed by atoms with Gasteiger partial charge < -0.3 is 15.8 Å². The van der Waals surface area contributed by atoms with Crippen LogP contribution in [0.15, 0.2) is 29.7 Å². The monoisotopic (exact) mass is 419 g/mol. The van der Waals surface area contributed by atoms with Gasteiger partial charge in [0.05, 0.1) is 19.3 Å². The van der Waals surface area contributed by atoms with Crippen LogP contribution >= 0.6 is 0 Å². The van der Waals surface area contributed by atoms with Crippen LogP contribution in [0.3, 0.4) is 0 Å². The lowest BCUT2D eigenvalue weighted by molar-refractivity contribution is 0.0627. The first kappa shape index (κ1) is 20.0. The van der Waals surface area contributed by atoms with Crippen molar-refractivity contribution in [2.75, 3.05) is 26.7 Å². The molecule has 2 bridgehead atoms. The van der Waals surface area contributed by atoms with Crippen molar-refractivity contribution in [3.63, 3.8) is 0 Å². The molecule has 4 heterocycles. The molecule has 0 aromatic carbocycles. The van der Waals surface area contributed by atoms with Crippen molar-refractivity contribution in [3.8, 4) is 11.8 Å². The quantitative estimate of drug-likeness (QED) is 0.716. The zero-order chi connectivity index (χ0) is 21.5. The molecule has 31 heavy (non-hydrogen) atoms. The molecule has 3 unspecified atom stereocenters. The van der Waals surface area contributed by atoms with Crippen LogP contribution in [0.1, 0.15) is 37.3 Å². The fourth-order valence-corrected chi connectivity index (χ4v) is 5.47. The average Bonchev–Trinajstić information content (AvgIpc) is 3.32. The van der Waals surface area contributed by atoms with Gasteiger partial charge >= 0.3 is 0 Å². The summed E-state index contributed by atoms with van der Waals surface area (Å²) in [6.45, 7) is 5.24. The van der Waals surface area contributed by atoms with Crippen molar-refractivity contribution in [2.45, 2.75) is 44.3 Å². The van der Waals surface area contributed by atoms with Gasteiger partial charge in [0.1, 0.15) is 22.9 Å². The minimum atomic E-state index is 0.308. The van der Waals surface area contributed by atoms with Crippen LogP contribution in [-0.4, -0.2) is 65.1 Å². The lowest BCUT2D eigenvalue weighted by atomic mass is 9.84. The van der Waals surface area contributed by atoms with E-state index in [-0.39, 0.29) is 0 Å². The van der Waals surface area contributed by atoms with Gasteiger partial charge in [0.15, 0.2) is 0 Å². The third-order valence-corrected chi connectivity index (χ3v) is 7.04. The number of nitrogens with two attached hydrogens (primary N) is 1. The van der Waals surface area contributed by atoms with Gasteiger partial charge in [0, 0.05) is 54.4 Å². The Kier molecular flexibility index (Phi) is 5.16. The fourth-order valence-electron chi connectivity index (χ4n) is 5.47. The van der Waals surface area contributed by atoms with Crippen LogP contribution in [-0.2, 0) is 0 Å². The van der Waals surface area contributed by atoms with Gasteiger partial charge in [0.2, 0.25) is 0 Å². The van der Waals surface area contributed by atoms with Crippen LogP contribution in [0.2, 0.25) is 0 Å². The van der Waals surface area contributed by atoms with Crippen molar-refractivity contribution in [3.05, 3.63) is 35.8 Å². The number of nitrogens with one attached hydrogen (secondary N) is 1. The molecule has 3 aliphatic rings. The second kappa shape index (κ2) is 7.98. The highest BCUT2D eigenvalue weighted by molar-refractivity contribution is 6.22. The molecule has 8 heteroatoms. The number of fused-ring (bicyclic) bond motifs is 3. The fraction of sp³-hybridized carbons (Fsp3) is 0.522. The standard InChI is InChI=1S/C23H29N7O/c1-14(28-19-12-29(13-19)20-4-15-3-18(6-20)26-9-15)21(8-25)16-5-22(31-2)23-17(7-24)10-27-30(23)11-16/h5,8,10-11,15,18-20,26H,3-4,6,9,12-13,25H2,1-2H3/b21-8+,28-14?. The number of hydrogen-bond donors (Lipinski definition) is 2. The third kappa shape index (κ3) is 3.58. The Morgan fingerprint density at radius 2 is 2.23 bits per heavy atom. The molecule has 0 spiro atoms. The minimum Gasteiger partial charge on any atom is -0.494 e. The van der Waals surface area contributed by atoms with Crippen molar-refractivity contribution in [1.82, 2.24) is 19.8 Å². The summed E-state index contributed by atoms with van der Waals surface area (Å²) in [4.78, 5) is 7.57. The zero-order valence-electron chi connectivity index (χ0n) is 18.1. The number of aliphatic imine (C=N–C) groups is 1. The maximum absolute atomic E-state index is 9.32. The second-order valence-corrected chi connectivity index (χ2v) is 9.00. The van der Waals surface area contributed by atoms with Gasteiger partial charge in [-0.25, -0.2) is 4.52 Å². The number of methoxy groups -OCH3 is 1. The molecule has 3 N–H and O–H groups in total. The van der Waals surface area contributed by atoms with Crippen molar-refractivity contribution < 1.29 is 4.74 Å². The van der Waals surface area contributed by atoms with Gasteiger partial charge in [-0.05, 0) is 44.7 Å². The molecule has 2 aromatic heterocycles. The smallest absolute Gasteiger partial charge is 0.146 e. The molecule has 0 radical (unpaired) electrons. The number of pyridine rings is 1. The van der Waals surface area contributed by atoms with Crippen molar-refractivity contribution in [2.24, 2.45) is 16.6 Å². The molecular weight excluding hydrogens is 390 g/mol. The Labute approximate surface area is 182 Å². The lowest BCUT2D eigenvalue weighted by Gasteiger charge is -2.45. The molecular formula is C23H29N7O. The number of hydrogen-bond acceptors (Lipinski definition) is 7. The molecule has 162 valence electrons. The van der Waals surface area contributed by atoms with Gasteiger partial charge in [-0.2, -0.15) is 10.4 Å². The molecule has 2 aromatic rings. The van der Waals surface area contributed by atoms with E-state index in [1.807, 2.05) is 19.2 Å². The van der Waals surface area contributed by atoms with Crippen LogP contribution in [0.5, 0.6) is 5.75 Å². The minimum absolute atomic E-state index is 0.308. The Hall–Kier alpha value is -2.89. The van der Waals surface area contributed by atoms with Crippen molar-refractivity contribution in [1.29, 1.82) is 5.26 Å². The van der Waals surface area contributed by atoms with E-state index in [0.29, 0.717) is 35.0 Å². The van der Waals surface area contributed by atoms with Crippen LogP contribution < -0.4 is 15.8 Å². The van der Waals surface area contributed by atoms with Crippen LogP contribution in [0, 0.1) is 17.2 Å². The Balaban J connectivity index is 1.31. The number of rotatable bonds is 5. The topological polar surface area (TPSA) is 104 Å². The van der Waals surface area contributed by atoms with E-state index in [9.17, 15) is 5.26 Å². The molecule has 8 nitrogen and oxygen atoms in total. The van der Waals surface area contributed by atoms with E-state index in [1.54, 1.807) is 24.0 Å². The van der Waals surface area contributed by atoms with E-state index in [1.165, 1.54) is 25.8 Å². The zero-order valence-corrected chi connectivity index (χ0v) is 18.1. The molecule has 5 rings (SSSR count). The number of nitrogens with zero attached hydrogens (tertiary/aromatic N) is 5. The third-order valence-electron chi connectivity index (χ3n) is 7.04. The number of likely N-dealkylation sites (tertiary alicyclic amines) is 1. The molecule has 3 atom stereocenters. The highest BCUT2D eigenvalue weighted by atomic mass is 16.5. The van der Waals surface area contributed by atoms with Crippen LogP contribution in [0.4, 0.5) is 0 Å². The van der Waals surface area contributed by atoms with E-state index >= 15 is 0 Å². The van der Waals surface area contributed by atoms with Gasteiger partial charge in [-0.1, -0.05) is 0 Å². The summed E-state index contributed by atoms with van der Waals surface area (Å²) < 4.78 is 7.20. The van der Waals surface area contributed by atoms with Crippen LogP contribution in [0.25, 0.3) is 11.1 Å². The number of allylic oxidation sites excluding steroid dienone is 1. The number of nitriles is 1. The second-order valence-electron chi connectivity index (χ2n) is 9.00. The highest BCUT2D eigenvalue weighted by Gasteiger charge is 2.40. The largest absolute Gasteiger partial charge is 0.494 e.